The zero-order valence-electron chi connectivity index (χ0n) is 16.1. The molecule has 1 saturated heterocycles. The fourth-order valence-electron chi connectivity index (χ4n) is 3.43. The Bertz CT molecular complexity index is 769. The van der Waals surface area contributed by atoms with Gasteiger partial charge in [0.2, 0.25) is 0 Å². The molecule has 2 aromatic rings. The smallest absolute Gasteiger partial charge is 0.280 e. The summed E-state index contributed by atoms with van der Waals surface area (Å²) in [5.74, 6) is 2.65. The van der Waals surface area contributed by atoms with Crippen molar-refractivity contribution in [1.82, 2.24) is 5.16 Å². The third kappa shape index (κ3) is 5.21. The molecule has 27 heavy (non-hydrogen) atoms. The van der Waals surface area contributed by atoms with Crippen LogP contribution in [-0.4, -0.2) is 58.0 Å². The molecule has 3 N–H and O–H groups in total. The predicted molar refractivity (Wildman–Crippen MR) is 99.4 cm³/mol. The van der Waals surface area contributed by atoms with Crippen LogP contribution in [-0.2, 0) is 11.3 Å². The molecule has 8 heteroatoms. The molecule has 0 bridgehead atoms. The summed E-state index contributed by atoms with van der Waals surface area (Å²) in [5, 5.41) is 6.58. The lowest BCUT2D eigenvalue weighted by Crippen LogP contribution is -3.28. The lowest BCUT2D eigenvalue weighted by atomic mass is 10.1. The number of hydrogen-bond donors (Lipinski definition) is 3. The van der Waals surface area contributed by atoms with Crippen LogP contribution in [0.4, 0.5) is 5.82 Å². The summed E-state index contributed by atoms with van der Waals surface area (Å²) in [5.41, 5.74) is 1.23. The fraction of sp³-hybridized carbons (Fsp3) is 0.474. The molecule has 0 spiro atoms. The number of nitrogens with zero attached hydrogens (tertiary/aromatic N) is 1. The summed E-state index contributed by atoms with van der Waals surface area (Å²) < 4.78 is 15.6. The van der Waals surface area contributed by atoms with Crippen LogP contribution in [0.1, 0.15) is 11.3 Å². The third-order valence-corrected chi connectivity index (χ3v) is 4.87. The van der Waals surface area contributed by atoms with Crippen LogP contribution in [0.5, 0.6) is 11.5 Å². The zero-order chi connectivity index (χ0) is 19.2. The molecule has 1 fully saturated rings. The summed E-state index contributed by atoms with van der Waals surface area (Å²) in [6, 6.07) is 7.79. The van der Waals surface area contributed by atoms with Gasteiger partial charge in [0.25, 0.3) is 5.91 Å². The summed E-state index contributed by atoms with van der Waals surface area (Å²) in [4.78, 5) is 15.0. The van der Waals surface area contributed by atoms with E-state index in [0.29, 0.717) is 18.1 Å². The molecule has 1 aliphatic rings. The van der Waals surface area contributed by atoms with Crippen molar-refractivity contribution >= 4 is 11.7 Å². The van der Waals surface area contributed by atoms with Crippen molar-refractivity contribution in [2.45, 2.75) is 13.5 Å². The highest BCUT2D eigenvalue weighted by atomic mass is 16.5. The Hall–Kier alpha value is -2.58. The van der Waals surface area contributed by atoms with Crippen LogP contribution in [0.15, 0.2) is 28.8 Å². The first-order chi connectivity index (χ1) is 13.1. The number of benzene rings is 1. The van der Waals surface area contributed by atoms with Gasteiger partial charge < -0.3 is 29.1 Å². The molecule has 0 radical (unpaired) electrons. The second-order valence-electron chi connectivity index (χ2n) is 6.91. The van der Waals surface area contributed by atoms with Crippen molar-refractivity contribution < 1.29 is 28.6 Å². The number of aryl methyl sites for hydroxylation is 1. The molecule has 1 aromatic carbocycles. The number of quaternary nitrogens is 2. The number of methoxy groups -OCH3 is 2. The minimum atomic E-state index is -0.0263. The SMILES string of the molecule is COc1ccc(C[NH+]2CC[NH+](CC(=O)Nc3cc(C)on3)CC2)cc1OC. The van der Waals surface area contributed by atoms with E-state index in [2.05, 4.69) is 16.5 Å². The van der Waals surface area contributed by atoms with Gasteiger partial charge in [-0.1, -0.05) is 5.16 Å². The minimum absolute atomic E-state index is 0.0263. The fourth-order valence-corrected chi connectivity index (χ4v) is 3.43. The molecule has 1 amide bonds. The number of nitrogens with one attached hydrogen (secondary N) is 3. The molecule has 0 unspecified atom stereocenters. The van der Waals surface area contributed by atoms with Gasteiger partial charge in [0.05, 0.1) is 14.2 Å². The van der Waals surface area contributed by atoms with Crippen LogP contribution >= 0.6 is 0 Å². The normalized spacial score (nSPS) is 19.5. The first-order valence-corrected chi connectivity index (χ1v) is 9.18. The van der Waals surface area contributed by atoms with Gasteiger partial charge in [-0.25, -0.2) is 0 Å². The molecule has 0 aliphatic carbocycles. The Labute approximate surface area is 159 Å². The van der Waals surface area contributed by atoms with Crippen molar-refractivity contribution in [2.24, 2.45) is 0 Å². The van der Waals surface area contributed by atoms with Gasteiger partial charge in [-0.3, -0.25) is 4.79 Å². The number of piperazine rings is 1. The maximum Gasteiger partial charge on any atom is 0.280 e. The quantitative estimate of drug-likeness (QED) is 0.573. The lowest BCUT2D eigenvalue weighted by Gasteiger charge is -2.29. The highest BCUT2D eigenvalue weighted by Gasteiger charge is 2.25. The molecule has 3 rings (SSSR count). The number of aromatic nitrogens is 1. The average molecular weight is 376 g/mol. The number of carbonyl (C=O) groups is 1. The maximum atomic E-state index is 12.1. The van der Waals surface area contributed by atoms with E-state index >= 15 is 0 Å². The Morgan fingerprint density at radius 3 is 2.44 bits per heavy atom. The predicted octanol–water partition coefficient (Wildman–Crippen LogP) is -1.08. The summed E-state index contributed by atoms with van der Waals surface area (Å²) in [6.07, 6.45) is 0. The summed E-state index contributed by atoms with van der Waals surface area (Å²) >= 11 is 0. The van der Waals surface area contributed by atoms with Crippen molar-refractivity contribution in [1.29, 1.82) is 0 Å². The van der Waals surface area contributed by atoms with E-state index < -0.39 is 0 Å². The van der Waals surface area contributed by atoms with Crippen molar-refractivity contribution in [3.8, 4) is 11.5 Å². The second-order valence-corrected chi connectivity index (χ2v) is 6.91. The van der Waals surface area contributed by atoms with Crippen LogP contribution in [0.3, 0.4) is 0 Å². The van der Waals surface area contributed by atoms with Crippen LogP contribution in [0, 0.1) is 6.92 Å². The number of rotatable bonds is 7. The third-order valence-electron chi connectivity index (χ3n) is 4.87. The number of anilines is 1. The Morgan fingerprint density at radius 1 is 1.11 bits per heavy atom. The Morgan fingerprint density at radius 2 is 1.81 bits per heavy atom. The van der Waals surface area contributed by atoms with E-state index in [1.807, 2.05) is 12.1 Å². The van der Waals surface area contributed by atoms with E-state index in [0.717, 1.165) is 44.2 Å². The zero-order valence-corrected chi connectivity index (χ0v) is 16.1. The van der Waals surface area contributed by atoms with Crippen LogP contribution in [0.25, 0.3) is 0 Å². The van der Waals surface area contributed by atoms with Gasteiger partial charge in [0, 0.05) is 11.6 Å². The van der Waals surface area contributed by atoms with Gasteiger partial charge in [0.15, 0.2) is 23.9 Å². The molecular formula is C19H28N4O4+2. The summed E-state index contributed by atoms with van der Waals surface area (Å²) in [7, 11) is 3.30. The average Bonchev–Trinajstić information content (AvgIpc) is 3.07. The van der Waals surface area contributed by atoms with Gasteiger partial charge in [0.1, 0.15) is 38.5 Å². The Balaban J connectivity index is 1.45. The Kier molecular flexibility index (Phi) is 6.31. The molecule has 0 saturated carbocycles. The highest BCUT2D eigenvalue weighted by Crippen LogP contribution is 2.27. The number of amides is 1. The van der Waals surface area contributed by atoms with E-state index in [1.54, 1.807) is 27.2 Å². The largest absolute Gasteiger partial charge is 0.493 e. The van der Waals surface area contributed by atoms with E-state index in [9.17, 15) is 4.79 Å². The standard InChI is InChI=1S/C19H26N4O4/c1-14-10-18(21-27-14)20-19(24)13-23-8-6-22(7-9-23)12-15-4-5-16(25-2)17(11-15)26-3/h4-5,10-11H,6-9,12-13H2,1-3H3,(H,20,21,24)/p+2. The molecule has 2 heterocycles. The first-order valence-electron chi connectivity index (χ1n) is 9.18. The lowest BCUT2D eigenvalue weighted by molar-refractivity contribution is -1.02. The van der Waals surface area contributed by atoms with E-state index in [4.69, 9.17) is 14.0 Å². The molecular weight excluding hydrogens is 348 g/mol. The molecule has 0 atom stereocenters. The van der Waals surface area contributed by atoms with Gasteiger partial charge in [-0.2, -0.15) is 0 Å². The molecule has 8 nitrogen and oxygen atoms in total. The first kappa shape index (κ1) is 19.2. The van der Waals surface area contributed by atoms with E-state index in [-0.39, 0.29) is 5.91 Å². The monoisotopic (exact) mass is 376 g/mol. The molecule has 1 aromatic heterocycles. The second kappa shape index (κ2) is 8.88. The number of carbonyl (C=O) groups excluding carboxylic acids is 1. The van der Waals surface area contributed by atoms with E-state index in [1.165, 1.54) is 15.4 Å². The van der Waals surface area contributed by atoms with Crippen LogP contribution in [0.2, 0.25) is 0 Å². The number of hydrogen-bond acceptors (Lipinski definition) is 5. The van der Waals surface area contributed by atoms with Gasteiger partial charge in [-0.15, -0.1) is 0 Å². The maximum absolute atomic E-state index is 12.1. The van der Waals surface area contributed by atoms with Gasteiger partial charge >= 0.3 is 0 Å². The molecule has 146 valence electrons. The van der Waals surface area contributed by atoms with Crippen molar-refractivity contribution in [3.05, 3.63) is 35.6 Å². The van der Waals surface area contributed by atoms with Crippen molar-refractivity contribution in [3.63, 3.8) is 0 Å². The topological polar surface area (TPSA) is 82.5 Å². The minimum Gasteiger partial charge on any atom is -0.493 e. The number of ether oxygens (including phenoxy) is 2. The summed E-state index contributed by atoms with van der Waals surface area (Å²) in [6.45, 7) is 7.18. The molecule has 1 aliphatic heterocycles. The van der Waals surface area contributed by atoms with Crippen LogP contribution < -0.4 is 24.6 Å². The van der Waals surface area contributed by atoms with Gasteiger partial charge in [-0.05, 0) is 25.1 Å². The highest BCUT2D eigenvalue weighted by molar-refractivity contribution is 5.90. The van der Waals surface area contributed by atoms with Crippen molar-refractivity contribution in [2.75, 3.05) is 52.3 Å².